The van der Waals surface area contributed by atoms with Crippen LogP contribution >= 0.6 is 0 Å². The van der Waals surface area contributed by atoms with Gasteiger partial charge in [-0.3, -0.25) is 0 Å². The number of likely N-dealkylation sites (N-methyl/N-ethyl adjacent to an activating group) is 1. The molecule has 176 valence electrons. The number of benzene rings is 2. The molecule has 2 aromatic carbocycles. The number of carbonyl (C=O) groups excluding carboxylic acids is 1. The highest BCUT2D eigenvalue weighted by molar-refractivity contribution is 5.89. The number of hydrogen-bond acceptors (Lipinski definition) is 6. The lowest BCUT2D eigenvalue weighted by Crippen LogP contribution is -2.52. The van der Waals surface area contributed by atoms with Gasteiger partial charge in [0.15, 0.2) is 23.0 Å². The summed E-state index contributed by atoms with van der Waals surface area (Å²) in [6, 6.07) is 12.0. The van der Waals surface area contributed by atoms with Crippen LogP contribution < -0.4 is 29.6 Å². The maximum absolute atomic E-state index is 12.7. The average Bonchev–Trinajstić information content (AvgIpc) is 3.43. The van der Waals surface area contributed by atoms with Crippen molar-refractivity contribution >= 4 is 11.7 Å². The molecule has 0 spiro atoms. The number of ether oxygens (including phenoxy) is 4. The van der Waals surface area contributed by atoms with Crippen LogP contribution in [0.2, 0.25) is 0 Å². The highest BCUT2D eigenvalue weighted by Gasteiger charge is 2.50. The summed E-state index contributed by atoms with van der Waals surface area (Å²) >= 11 is 0. The first kappa shape index (κ1) is 21.7. The van der Waals surface area contributed by atoms with Gasteiger partial charge >= 0.3 is 6.03 Å². The minimum Gasteiger partial charge on any atom is -0.493 e. The van der Waals surface area contributed by atoms with Crippen molar-refractivity contribution in [1.82, 2.24) is 10.2 Å². The molecule has 33 heavy (non-hydrogen) atoms. The summed E-state index contributed by atoms with van der Waals surface area (Å²) in [4.78, 5) is 15.2. The largest absolute Gasteiger partial charge is 0.493 e. The van der Waals surface area contributed by atoms with E-state index in [1.54, 1.807) is 20.3 Å². The topological polar surface area (TPSA) is 81.3 Å². The molecular weight excluding hydrogens is 422 g/mol. The van der Waals surface area contributed by atoms with E-state index in [0.717, 1.165) is 43.7 Å². The Labute approximate surface area is 194 Å². The molecule has 8 heteroatoms. The number of amides is 2. The summed E-state index contributed by atoms with van der Waals surface area (Å²) in [5, 5.41) is 6.11. The number of rotatable bonds is 5. The van der Waals surface area contributed by atoms with E-state index in [1.807, 2.05) is 18.2 Å². The van der Waals surface area contributed by atoms with E-state index in [4.69, 9.17) is 18.9 Å². The molecule has 0 aromatic heterocycles. The van der Waals surface area contributed by atoms with E-state index in [1.165, 1.54) is 5.56 Å². The molecule has 3 atom stereocenters. The third-order valence-electron chi connectivity index (χ3n) is 7.45. The van der Waals surface area contributed by atoms with Gasteiger partial charge in [-0.05, 0) is 69.1 Å². The number of nitrogens with one attached hydrogen (secondary N) is 2. The van der Waals surface area contributed by atoms with Crippen molar-refractivity contribution < 1.29 is 23.7 Å². The van der Waals surface area contributed by atoms with Crippen molar-refractivity contribution in [3.63, 3.8) is 0 Å². The second kappa shape index (κ2) is 8.67. The predicted molar refractivity (Wildman–Crippen MR) is 125 cm³/mol. The number of anilines is 1. The van der Waals surface area contributed by atoms with Crippen molar-refractivity contribution in [2.24, 2.45) is 0 Å². The van der Waals surface area contributed by atoms with Gasteiger partial charge in [0.1, 0.15) is 0 Å². The van der Waals surface area contributed by atoms with Gasteiger partial charge in [-0.1, -0.05) is 6.07 Å². The molecule has 5 rings (SSSR count). The molecule has 2 aromatic rings. The Hall–Kier alpha value is -3.13. The summed E-state index contributed by atoms with van der Waals surface area (Å²) in [6.45, 7) is 1.25. The number of nitrogens with zero attached hydrogens (tertiary/aromatic N) is 1. The summed E-state index contributed by atoms with van der Waals surface area (Å²) in [7, 11) is 5.52. The highest BCUT2D eigenvalue weighted by Crippen LogP contribution is 2.49. The van der Waals surface area contributed by atoms with Crippen LogP contribution in [0.25, 0.3) is 0 Å². The monoisotopic (exact) mass is 453 g/mol. The zero-order valence-electron chi connectivity index (χ0n) is 19.3. The van der Waals surface area contributed by atoms with Gasteiger partial charge in [0, 0.05) is 29.3 Å². The van der Waals surface area contributed by atoms with Gasteiger partial charge in [-0.15, -0.1) is 0 Å². The fourth-order valence-electron chi connectivity index (χ4n) is 5.72. The van der Waals surface area contributed by atoms with Crippen LogP contribution in [0.3, 0.4) is 0 Å². The maximum atomic E-state index is 12.7. The standard InChI is InChI=1S/C25H31N3O5/c1-28-11-10-25(16-4-6-19(30-2)21(12-16)31-3)9-8-18(14-23(25)28)27-24(29)26-17-5-7-20-22(13-17)33-15-32-20/h4-7,12-13,18,23H,8-11,14-15H2,1-3H3,(H2,26,27,29)/t18-,23+,25+/m1/s1. The molecule has 2 N–H and O–H groups in total. The van der Waals surface area contributed by atoms with Crippen LogP contribution in [0.1, 0.15) is 31.2 Å². The summed E-state index contributed by atoms with van der Waals surface area (Å²) in [6.07, 6.45) is 3.93. The predicted octanol–water partition coefficient (Wildman–Crippen LogP) is 3.75. The smallest absolute Gasteiger partial charge is 0.319 e. The summed E-state index contributed by atoms with van der Waals surface area (Å²) in [5.41, 5.74) is 2.03. The number of hydrogen-bond donors (Lipinski definition) is 2. The molecule has 2 heterocycles. The van der Waals surface area contributed by atoms with Crippen LogP contribution in [0.5, 0.6) is 23.0 Å². The molecule has 1 saturated carbocycles. The molecule has 1 aliphatic carbocycles. The van der Waals surface area contributed by atoms with Crippen molar-refractivity contribution in [2.45, 2.75) is 43.2 Å². The number of urea groups is 1. The lowest BCUT2D eigenvalue weighted by molar-refractivity contribution is 0.156. The first-order chi connectivity index (χ1) is 16.0. The van der Waals surface area contributed by atoms with Crippen LogP contribution in [0, 0.1) is 0 Å². The molecule has 0 radical (unpaired) electrons. The third-order valence-corrected chi connectivity index (χ3v) is 7.45. The number of likely N-dealkylation sites (tertiary alicyclic amines) is 1. The first-order valence-electron chi connectivity index (χ1n) is 11.4. The normalized spacial score (nSPS) is 25.9. The lowest BCUT2D eigenvalue weighted by Gasteiger charge is -2.45. The summed E-state index contributed by atoms with van der Waals surface area (Å²) in [5.74, 6) is 2.86. The SMILES string of the molecule is COc1ccc([C@@]23CC[C@@H](NC(=O)Nc4ccc5c(c4)OCO5)C[C@@H]2N(C)CC3)cc1OC. The molecule has 0 bridgehead atoms. The van der Waals surface area contributed by atoms with E-state index >= 15 is 0 Å². The molecule has 8 nitrogen and oxygen atoms in total. The van der Waals surface area contributed by atoms with Crippen LogP contribution in [0.15, 0.2) is 36.4 Å². The Bertz CT molecular complexity index is 1040. The number of methoxy groups -OCH3 is 2. The van der Waals surface area contributed by atoms with Crippen molar-refractivity contribution in [3.05, 3.63) is 42.0 Å². The molecule has 3 aliphatic rings. The van der Waals surface area contributed by atoms with Crippen LogP contribution in [-0.2, 0) is 5.41 Å². The van der Waals surface area contributed by atoms with Crippen molar-refractivity contribution in [1.29, 1.82) is 0 Å². The Kier molecular flexibility index (Phi) is 5.70. The van der Waals surface area contributed by atoms with Crippen LogP contribution in [-0.4, -0.2) is 57.6 Å². The van der Waals surface area contributed by atoms with Gasteiger partial charge in [-0.25, -0.2) is 4.79 Å². The lowest BCUT2D eigenvalue weighted by atomic mass is 9.65. The Morgan fingerprint density at radius 2 is 1.88 bits per heavy atom. The van der Waals surface area contributed by atoms with Gasteiger partial charge < -0.3 is 34.5 Å². The zero-order chi connectivity index (χ0) is 23.0. The third kappa shape index (κ3) is 3.93. The Morgan fingerprint density at radius 3 is 2.70 bits per heavy atom. The van der Waals surface area contributed by atoms with E-state index in [9.17, 15) is 4.79 Å². The molecule has 2 aliphatic heterocycles. The second-order valence-electron chi connectivity index (χ2n) is 9.11. The van der Waals surface area contributed by atoms with Gasteiger partial charge in [0.2, 0.25) is 6.79 Å². The van der Waals surface area contributed by atoms with E-state index in [-0.39, 0.29) is 24.3 Å². The van der Waals surface area contributed by atoms with E-state index in [2.05, 4.69) is 34.7 Å². The van der Waals surface area contributed by atoms with Crippen molar-refractivity contribution in [2.75, 3.05) is 39.9 Å². The second-order valence-corrected chi connectivity index (χ2v) is 9.11. The van der Waals surface area contributed by atoms with Crippen molar-refractivity contribution in [3.8, 4) is 23.0 Å². The maximum Gasteiger partial charge on any atom is 0.319 e. The summed E-state index contributed by atoms with van der Waals surface area (Å²) < 4.78 is 21.7. The van der Waals surface area contributed by atoms with Crippen LogP contribution in [0.4, 0.5) is 10.5 Å². The molecular formula is C25H31N3O5. The Morgan fingerprint density at radius 1 is 1.06 bits per heavy atom. The highest BCUT2D eigenvalue weighted by atomic mass is 16.7. The van der Waals surface area contributed by atoms with Gasteiger partial charge in [0.05, 0.1) is 14.2 Å². The average molecular weight is 454 g/mol. The minimum atomic E-state index is -0.196. The fraction of sp³-hybridized carbons (Fsp3) is 0.480. The van der Waals surface area contributed by atoms with Gasteiger partial charge in [-0.2, -0.15) is 0 Å². The molecule has 2 amide bonds. The van der Waals surface area contributed by atoms with E-state index < -0.39 is 0 Å². The first-order valence-corrected chi connectivity index (χ1v) is 11.4. The minimum absolute atomic E-state index is 0.0558. The fourth-order valence-corrected chi connectivity index (χ4v) is 5.72. The molecule has 1 saturated heterocycles. The molecule has 2 fully saturated rings. The number of carbonyl (C=O) groups is 1. The zero-order valence-corrected chi connectivity index (χ0v) is 19.3. The quantitative estimate of drug-likeness (QED) is 0.718. The Balaban J connectivity index is 1.28. The number of fused-ring (bicyclic) bond motifs is 2. The molecule has 0 unspecified atom stereocenters. The van der Waals surface area contributed by atoms with E-state index in [0.29, 0.717) is 23.2 Å². The van der Waals surface area contributed by atoms with Gasteiger partial charge in [0.25, 0.3) is 0 Å².